The van der Waals surface area contributed by atoms with Gasteiger partial charge in [-0.15, -0.1) is 0 Å². The van der Waals surface area contributed by atoms with Crippen LogP contribution in [0.25, 0.3) is 5.69 Å². The fourth-order valence-corrected chi connectivity index (χ4v) is 5.12. The number of morpholine rings is 1. The molecule has 35 heavy (non-hydrogen) atoms. The minimum atomic E-state index is -0.348. The summed E-state index contributed by atoms with van der Waals surface area (Å²) in [6, 6.07) is 17.5. The van der Waals surface area contributed by atoms with E-state index in [1.165, 1.54) is 7.11 Å². The molecule has 0 aliphatic carbocycles. The molecule has 0 amide bonds. The van der Waals surface area contributed by atoms with E-state index in [1.807, 2.05) is 48.8 Å². The first-order valence-corrected chi connectivity index (χ1v) is 12.2. The summed E-state index contributed by atoms with van der Waals surface area (Å²) in [5, 5.41) is 4.26. The van der Waals surface area contributed by atoms with Crippen molar-refractivity contribution in [3.05, 3.63) is 83.9 Å². The number of hydrogen-bond donors (Lipinski definition) is 1. The van der Waals surface area contributed by atoms with Crippen LogP contribution in [-0.2, 0) is 9.47 Å². The predicted molar refractivity (Wildman–Crippen MR) is 137 cm³/mol. The van der Waals surface area contributed by atoms with Crippen molar-refractivity contribution in [1.29, 1.82) is 0 Å². The molecule has 5 rings (SSSR count). The Labute approximate surface area is 210 Å². The van der Waals surface area contributed by atoms with Gasteiger partial charge in [0.25, 0.3) is 0 Å². The molecule has 0 bridgehead atoms. The minimum absolute atomic E-state index is 0.0475. The van der Waals surface area contributed by atoms with Gasteiger partial charge in [0, 0.05) is 50.0 Å². The molecule has 182 valence electrons. The van der Waals surface area contributed by atoms with Crippen molar-refractivity contribution in [1.82, 2.24) is 24.7 Å². The molecule has 1 N–H and O–H groups in total. The van der Waals surface area contributed by atoms with Gasteiger partial charge >= 0.3 is 5.97 Å². The molecular weight excluding hydrogens is 462 g/mol. The molecule has 2 saturated heterocycles. The Morgan fingerprint density at radius 1 is 1.11 bits per heavy atom. The maximum Gasteiger partial charge on any atom is 0.337 e. The summed E-state index contributed by atoms with van der Waals surface area (Å²) < 4.78 is 12.5. The standard InChI is InChI=1S/C26H29N5O3S/c1-33-25(32)19-7-9-20(10-8-19)30-12-4-6-22(30)24-23(21-5-2-3-11-27-21)28-26(35)31(24)14-13-29-15-17-34-18-16-29/h2-12,23-24H,13-18H2,1H3,(H,28,35)/t23-,24-/m1/s1. The molecule has 4 heterocycles. The van der Waals surface area contributed by atoms with E-state index in [0.29, 0.717) is 5.56 Å². The Balaban J connectivity index is 1.48. The largest absolute Gasteiger partial charge is 0.465 e. The number of esters is 1. The third kappa shape index (κ3) is 4.93. The van der Waals surface area contributed by atoms with E-state index in [2.05, 4.69) is 30.7 Å². The number of thiocarbonyl (C=S) groups is 1. The molecule has 0 radical (unpaired) electrons. The maximum absolute atomic E-state index is 11.9. The van der Waals surface area contributed by atoms with Crippen molar-refractivity contribution in [2.45, 2.75) is 12.1 Å². The number of nitrogens with zero attached hydrogens (tertiary/aromatic N) is 4. The summed E-state index contributed by atoms with van der Waals surface area (Å²) in [6.45, 7) is 5.12. The summed E-state index contributed by atoms with van der Waals surface area (Å²) in [4.78, 5) is 21.2. The zero-order valence-electron chi connectivity index (χ0n) is 19.7. The summed E-state index contributed by atoms with van der Waals surface area (Å²) in [6.07, 6.45) is 3.86. The quantitative estimate of drug-likeness (QED) is 0.400. The minimum Gasteiger partial charge on any atom is -0.465 e. The number of carbonyl (C=O) groups is 1. The van der Waals surface area contributed by atoms with Crippen molar-refractivity contribution in [3.8, 4) is 5.69 Å². The molecule has 2 aromatic heterocycles. The lowest BCUT2D eigenvalue weighted by atomic mass is 10.0. The molecule has 8 nitrogen and oxygen atoms in total. The van der Waals surface area contributed by atoms with Gasteiger partial charge in [0.1, 0.15) is 0 Å². The second-order valence-electron chi connectivity index (χ2n) is 8.62. The first-order chi connectivity index (χ1) is 17.2. The number of benzene rings is 1. The van der Waals surface area contributed by atoms with E-state index in [9.17, 15) is 4.79 Å². The van der Waals surface area contributed by atoms with Gasteiger partial charge in [0.05, 0.1) is 43.7 Å². The van der Waals surface area contributed by atoms with Gasteiger partial charge in [0.15, 0.2) is 5.11 Å². The number of nitrogens with one attached hydrogen (secondary N) is 1. The maximum atomic E-state index is 11.9. The first-order valence-electron chi connectivity index (χ1n) is 11.8. The summed E-state index contributed by atoms with van der Waals surface area (Å²) in [5.41, 5.74) is 3.53. The number of pyridine rings is 1. The number of rotatable bonds is 7. The molecule has 0 saturated carbocycles. The number of ether oxygens (including phenoxy) is 2. The van der Waals surface area contributed by atoms with Gasteiger partial charge in [-0.2, -0.15) is 0 Å². The fourth-order valence-electron chi connectivity index (χ4n) is 4.79. The van der Waals surface area contributed by atoms with Crippen LogP contribution in [0.3, 0.4) is 0 Å². The molecule has 3 aromatic rings. The van der Waals surface area contributed by atoms with Crippen molar-refractivity contribution >= 4 is 23.3 Å². The van der Waals surface area contributed by atoms with Crippen LogP contribution in [0.2, 0.25) is 0 Å². The van der Waals surface area contributed by atoms with Crippen molar-refractivity contribution in [3.63, 3.8) is 0 Å². The fraction of sp³-hybridized carbons (Fsp3) is 0.346. The molecule has 2 atom stereocenters. The van der Waals surface area contributed by atoms with Crippen molar-refractivity contribution < 1.29 is 14.3 Å². The summed E-state index contributed by atoms with van der Waals surface area (Å²) >= 11 is 5.84. The van der Waals surface area contributed by atoms with Crippen LogP contribution in [0.5, 0.6) is 0 Å². The van der Waals surface area contributed by atoms with Crippen LogP contribution in [0.15, 0.2) is 67.0 Å². The molecule has 2 aliphatic rings. The van der Waals surface area contributed by atoms with Gasteiger partial charge < -0.3 is 24.3 Å². The average molecular weight is 492 g/mol. The van der Waals surface area contributed by atoms with Gasteiger partial charge in [0.2, 0.25) is 0 Å². The van der Waals surface area contributed by atoms with E-state index in [4.69, 9.17) is 21.7 Å². The van der Waals surface area contributed by atoms with E-state index >= 15 is 0 Å². The summed E-state index contributed by atoms with van der Waals surface area (Å²) in [5.74, 6) is -0.348. The van der Waals surface area contributed by atoms with E-state index in [-0.39, 0.29) is 18.1 Å². The highest BCUT2D eigenvalue weighted by molar-refractivity contribution is 7.80. The molecule has 9 heteroatoms. The second-order valence-corrected chi connectivity index (χ2v) is 9.00. The van der Waals surface area contributed by atoms with Crippen LogP contribution < -0.4 is 5.32 Å². The Morgan fingerprint density at radius 3 is 2.63 bits per heavy atom. The van der Waals surface area contributed by atoms with Crippen LogP contribution in [-0.4, -0.2) is 76.9 Å². The third-order valence-corrected chi connectivity index (χ3v) is 6.96. The Hall–Kier alpha value is -3.27. The smallest absolute Gasteiger partial charge is 0.337 e. The summed E-state index contributed by atoms with van der Waals surface area (Å²) in [7, 11) is 1.39. The zero-order valence-corrected chi connectivity index (χ0v) is 20.5. The lowest BCUT2D eigenvalue weighted by molar-refractivity contribution is 0.0349. The lowest BCUT2D eigenvalue weighted by Gasteiger charge is -2.32. The van der Waals surface area contributed by atoms with Crippen molar-refractivity contribution in [2.24, 2.45) is 0 Å². The molecule has 2 aliphatic heterocycles. The van der Waals surface area contributed by atoms with Gasteiger partial charge in [-0.05, 0) is 60.7 Å². The third-order valence-electron chi connectivity index (χ3n) is 6.61. The molecule has 2 fully saturated rings. The molecule has 0 unspecified atom stereocenters. The predicted octanol–water partition coefficient (Wildman–Crippen LogP) is 2.96. The first kappa shape index (κ1) is 23.5. The number of carbonyl (C=O) groups excluding carboxylic acids is 1. The highest BCUT2D eigenvalue weighted by Gasteiger charge is 2.41. The molecular formula is C26H29N5O3S. The monoisotopic (exact) mass is 491 g/mol. The van der Waals surface area contributed by atoms with Gasteiger partial charge in [-0.1, -0.05) is 6.07 Å². The number of aromatic nitrogens is 2. The highest BCUT2D eigenvalue weighted by Crippen LogP contribution is 2.39. The Bertz CT molecular complexity index is 1160. The number of hydrogen-bond acceptors (Lipinski definition) is 6. The number of methoxy groups -OCH3 is 1. The lowest BCUT2D eigenvalue weighted by Crippen LogP contribution is -2.42. The van der Waals surface area contributed by atoms with Crippen LogP contribution in [0, 0.1) is 0 Å². The highest BCUT2D eigenvalue weighted by atomic mass is 32.1. The van der Waals surface area contributed by atoms with Crippen LogP contribution in [0.4, 0.5) is 0 Å². The van der Waals surface area contributed by atoms with E-state index in [1.54, 1.807) is 12.1 Å². The topological polar surface area (TPSA) is 71.9 Å². The van der Waals surface area contributed by atoms with E-state index < -0.39 is 0 Å². The second kappa shape index (κ2) is 10.6. The van der Waals surface area contributed by atoms with Crippen LogP contribution >= 0.6 is 12.2 Å². The Morgan fingerprint density at radius 2 is 1.91 bits per heavy atom. The van der Waals surface area contributed by atoms with Crippen molar-refractivity contribution in [2.75, 3.05) is 46.5 Å². The Kier molecular flexibility index (Phi) is 7.08. The molecule has 1 aromatic carbocycles. The van der Waals surface area contributed by atoms with Gasteiger partial charge in [-0.25, -0.2) is 4.79 Å². The van der Waals surface area contributed by atoms with Gasteiger partial charge in [-0.3, -0.25) is 9.88 Å². The normalized spacial score (nSPS) is 20.6. The average Bonchev–Trinajstić information content (AvgIpc) is 3.52. The SMILES string of the molecule is COC(=O)c1ccc(-n2cccc2[C@@H]2[C@@H](c3ccccn3)NC(=S)N2CCN2CCOCC2)cc1. The molecule has 0 spiro atoms. The van der Waals surface area contributed by atoms with E-state index in [0.717, 1.165) is 61.6 Å². The zero-order chi connectivity index (χ0) is 24.2. The van der Waals surface area contributed by atoms with Crippen LogP contribution in [0.1, 0.15) is 33.8 Å².